The van der Waals surface area contributed by atoms with Crippen molar-refractivity contribution >= 4 is 34.5 Å². The van der Waals surface area contributed by atoms with Crippen molar-refractivity contribution in [3.05, 3.63) is 83.4 Å². The lowest BCUT2D eigenvalue weighted by Crippen LogP contribution is -2.45. The Morgan fingerprint density at radius 2 is 1.65 bits per heavy atom. The van der Waals surface area contributed by atoms with E-state index in [0.717, 1.165) is 33.8 Å². The first-order chi connectivity index (χ1) is 19.1. The largest absolute Gasteiger partial charge is 0.508 e. The maximum atomic E-state index is 14.1. The molecule has 1 aliphatic heterocycles. The third-order valence-electron chi connectivity index (χ3n) is 8.29. The number of Topliss-reactive ketones (excluding diaryl/α,β-unsaturated/α-hetero) is 1. The van der Waals surface area contributed by atoms with Gasteiger partial charge < -0.3 is 14.9 Å². The first-order valence-electron chi connectivity index (χ1n) is 14.2. The third-order valence-corrected chi connectivity index (χ3v) is 8.29. The van der Waals surface area contributed by atoms with Gasteiger partial charge in [0.2, 0.25) is 5.91 Å². The van der Waals surface area contributed by atoms with Crippen LogP contribution in [0.4, 0.5) is 17.1 Å². The Hall–Kier alpha value is -3.93. The predicted octanol–water partition coefficient (Wildman–Crippen LogP) is 7.27. The summed E-state index contributed by atoms with van der Waals surface area (Å²) in [5.41, 5.74) is 6.40. The SMILES string of the molecule is CC(=O)N1c2ccccc2N=C2CC(c3ccc(O)cc3)CC(=O)C2C1c1ccc(N(C(C)C)C(C)C)cc1C. The molecule has 0 aromatic heterocycles. The van der Waals surface area contributed by atoms with Crippen LogP contribution in [0.5, 0.6) is 5.75 Å². The second-order valence-electron chi connectivity index (χ2n) is 11.7. The maximum Gasteiger partial charge on any atom is 0.224 e. The molecule has 1 aliphatic carbocycles. The Balaban J connectivity index is 1.65. The van der Waals surface area contributed by atoms with Gasteiger partial charge in [-0.25, -0.2) is 0 Å². The molecule has 3 aromatic rings. The predicted molar refractivity (Wildman–Crippen MR) is 162 cm³/mol. The molecule has 3 unspecified atom stereocenters. The fourth-order valence-electron chi connectivity index (χ4n) is 6.71. The van der Waals surface area contributed by atoms with E-state index in [0.29, 0.717) is 30.6 Å². The molecule has 3 atom stereocenters. The zero-order valence-corrected chi connectivity index (χ0v) is 24.3. The topological polar surface area (TPSA) is 73.2 Å². The van der Waals surface area contributed by atoms with Crippen molar-refractivity contribution in [2.45, 2.75) is 78.4 Å². The average molecular weight is 538 g/mol. The van der Waals surface area contributed by atoms with Crippen molar-refractivity contribution in [1.29, 1.82) is 0 Å². The Kier molecular flexibility index (Phi) is 7.54. The second-order valence-corrected chi connectivity index (χ2v) is 11.7. The summed E-state index contributed by atoms with van der Waals surface area (Å²) in [7, 11) is 0. The van der Waals surface area contributed by atoms with Gasteiger partial charge in [0, 0.05) is 36.8 Å². The van der Waals surface area contributed by atoms with Crippen LogP contribution >= 0.6 is 0 Å². The number of para-hydroxylation sites is 2. The Morgan fingerprint density at radius 3 is 2.27 bits per heavy atom. The lowest BCUT2D eigenvalue weighted by molar-refractivity contribution is -0.123. The molecule has 1 fully saturated rings. The fourth-order valence-corrected chi connectivity index (χ4v) is 6.71. The summed E-state index contributed by atoms with van der Waals surface area (Å²) in [6.45, 7) is 12.4. The van der Waals surface area contributed by atoms with E-state index in [2.05, 4.69) is 57.7 Å². The minimum Gasteiger partial charge on any atom is -0.508 e. The van der Waals surface area contributed by atoms with E-state index >= 15 is 0 Å². The Bertz CT molecular complexity index is 1450. The normalized spacial score (nSPS) is 20.6. The number of hydrogen-bond donors (Lipinski definition) is 1. The number of carbonyl (C=O) groups excluding carboxylic acids is 2. The number of aromatic hydroxyl groups is 1. The van der Waals surface area contributed by atoms with Crippen molar-refractivity contribution in [3.8, 4) is 5.75 Å². The fraction of sp³-hybridized carbons (Fsp3) is 0.382. The van der Waals surface area contributed by atoms with Crippen LogP contribution in [0, 0.1) is 12.8 Å². The number of nitrogens with zero attached hydrogens (tertiary/aromatic N) is 3. The molecule has 1 amide bonds. The summed E-state index contributed by atoms with van der Waals surface area (Å²) in [5, 5.41) is 9.79. The number of phenols is 1. The number of aryl methyl sites for hydroxylation is 1. The minimum atomic E-state index is -0.541. The van der Waals surface area contributed by atoms with Crippen LogP contribution in [0.15, 0.2) is 71.7 Å². The Labute approximate surface area is 237 Å². The lowest BCUT2D eigenvalue weighted by Gasteiger charge is -2.39. The molecule has 6 nitrogen and oxygen atoms in total. The van der Waals surface area contributed by atoms with E-state index in [1.165, 1.54) is 0 Å². The number of aliphatic imine (C=N–C) groups is 1. The highest BCUT2D eigenvalue weighted by molar-refractivity contribution is 6.13. The highest BCUT2D eigenvalue weighted by atomic mass is 16.3. The van der Waals surface area contributed by atoms with Crippen LogP contribution in [0.25, 0.3) is 0 Å². The van der Waals surface area contributed by atoms with E-state index in [1.54, 1.807) is 24.0 Å². The van der Waals surface area contributed by atoms with Crippen LogP contribution < -0.4 is 9.80 Å². The van der Waals surface area contributed by atoms with Gasteiger partial charge in [-0.2, -0.15) is 0 Å². The highest BCUT2D eigenvalue weighted by Gasteiger charge is 2.46. The second kappa shape index (κ2) is 10.9. The molecule has 0 saturated heterocycles. The summed E-state index contributed by atoms with van der Waals surface area (Å²) in [6.07, 6.45) is 0.974. The Morgan fingerprint density at radius 1 is 0.975 bits per heavy atom. The van der Waals surface area contributed by atoms with Gasteiger partial charge in [-0.3, -0.25) is 14.6 Å². The maximum absolute atomic E-state index is 14.1. The zero-order valence-electron chi connectivity index (χ0n) is 24.3. The number of ketones is 1. The number of carbonyl (C=O) groups is 2. The van der Waals surface area contributed by atoms with Gasteiger partial charge in [0.15, 0.2) is 0 Å². The van der Waals surface area contributed by atoms with Crippen LogP contribution in [0.3, 0.4) is 0 Å². The smallest absolute Gasteiger partial charge is 0.224 e. The van der Waals surface area contributed by atoms with Gasteiger partial charge in [0.1, 0.15) is 11.5 Å². The summed E-state index contributed by atoms with van der Waals surface area (Å²) in [5.74, 6) is -0.401. The van der Waals surface area contributed by atoms with Gasteiger partial charge >= 0.3 is 0 Å². The summed E-state index contributed by atoms with van der Waals surface area (Å²) in [6, 6.07) is 21.4. The molecule has 6 heteroatoms. The quantitative estimate of drug-likeness (QED) is 0.372. The number of rotatable bonds is 5. The molecule has 40 heavy (non-hydrogen) atoms. The van der Waals surface area contributed by atoms with Crippen molar-refractivity contribution in [2.75, 3.05) is 9.80 Å². The molecule has 3 aromatic carbocycles. The standard InChI is InChI=1S/C34H39N3O3/c1-20(2)36(21(3)4)26-13-16-28(22(5)17-26)34-33-30(35-29-9-7-8-10-31(29)37(34)23(6)38)18-25(19-32(33)40)24-11-14-27(39)15-12-24/h7-17,20-21,25,33-34,39H,18-19H2,1-6H3. The number of fused-ring (bicyclic) bond motifs is 2. The van der Waals surface area contributed by atoms with Gasteiger partial charge in [-0.05, 0) is 100 Å². The molecular formula is C34H39N3O3. The van der Waals surface area contributed by atoms with Crippen molar-refractivity contribution in [2.24, 2.45) is 10.9 Å². The number of amides is 1. The molecule has 1 N–H and O–H groups in total. The molecule has 208 valence electrons. The molecule has 0 radical (unpaired) electrons. The molecule has 0 spiro atoms. The monoisotopic (exact) mass is 537 g/mol. The van der Waals surface area contributed by atoms with E-state index in [9.17, 15) is 14.7 Å². The highest BCUT2D eigenvalue weighted by Crippen LogP contribution is 2.48. The molecule has 5 rings (SSSR count). The zero-order chi connectivity index (χ0) is 28.7. The summed E-state index contributed by atoms with van der Waals surface area (Å²) < 4.78 is 0. The minimum absolute atomic E-state index is 0.0334. The van der Waals surface area contributed by atoms with Crippen molar-refractivity contribution in [1.82, 2.24) is 0 Å². The summed E-state index contributed by atoms with van der Waals surface area (Å²) in [4.78, 5) is 36.8. The van der Waals surface area contributed by atoms with E-state index < -0.39 is 12.0 Å². The summed E-state index contributed by atoms with van der Waals surface area (Å²) >= 11 is 0. The third kappa shape index (κ3) is 5.03. The van der Waals surface area contributed by atoms with E-state index in [1.807, 2.05) is 36.4 Å². The molecule has 2 aliphatic rings. The molecule has 0 bridgehead atoms. The van der Waals surface area contributed by atoms with Crippen LogP contribution in [0.2, 0.25) is 0 Å². The van der Waals surface area contributed by atoms with Crippen LogP contribution in [-0.4, -0.2) is 34.6 Å². The number of phenolic OH excluding ortho intramolecular Hbond substituents is 1. The first-order valence-corrected chi connectivity index (χ1v) is 14.2. The van der Waals surface area contributed by atoms with Crippen molar-refractivity contribution in [3.63, 3.8) is 0 Å². The molecular weight excluding hydrogens is 498 g/mol. The molecule has 1 heterocycles. The first kappa shape index (κ1) is 27.6. The number of benzene rings is 3. The van der Waals surface area contributed by atoms with E-state index in [4.69, 9.17) is 4.99 Å². The van der Waals surface area contributed by atoms with Gasteiger partial charge in [-0.15, -0.1) is 0 Å². The van der Waals surface area contributed by atoms with Crippen LogP contribution in [-0.2, 0) is 9.59 Å². The van der Waals surface area contributed by atoms with Gasteiger partial charge in [0.25, 0.3) is 0 Å². The van der Waals surface area contributed by atoms with E-state index in [-0.39, 0.29) is 23.4 Å². The van der Waals surface area contributed by atoms with Crippen LogP contribution in [0.1, 0.15) is 76.1 Å². The lowest BCUT2D eigenvalue weighted by atomic mass is 9.71. The van der Waals surface area contributed by atoms with Gasteiger partial charge in [-0.1, -0.05) is 30.3 Å². The molecule has 1 saturated carbocycles. The number of hydrogen-bond acceptors (Lipinski definition) is 5. The number of anilines is 2. The van der Waals surface area contributed by atoms with Gasteiger partial charge in [0.05, 0.1) is 23.3 Å². The average Bonchev–Trinajstić information content (AvgIpc) is 3.03. The van der Waals surface area contributed by atoms with Crippen molar-refractivity contribution < 1.29 is 14.7 Å².